The molecule has 0 aromatic heterocycles. The Morgan fingerprint density at radius 3 is 2.55 bits per heavy atom. The van der Waals surface area contributed by atoms with Crippen molar-refractivity contribution in [3.8, 4) is 11.5 Å². The first-order chi connectivity index (χ1) is 13.9. The summed E-state index contributed by atoms with van der Waals surface area (Å²) in [4.78, 5) is 35.4. The van der Waals surface area contributed by atoms with Crippen molar-refractivity contribution in [2.75, 3.05) is 18.5 Å². The zero-order chi connectivity index (χ0) is 20.8. The maximum Gasteiger partial charge on any atom is 0.290 e. The van der Waals surface area contributed by atoms with Crippen LogP contribution in [0.5, 0.6) is 11.5 Å². The van der Waals surface area contributed by atoms with Crippen LogP contribution in [0.2, 0.25) is 5.02 Å². The van der Waals surface area contributed by atoms with Crippen LogP contribution in [0.15, 0.2) is 47.4 Å². The van der Waals surface area contributed by atoms with Gasteiger partial charge in [-0.3, -0.25) is 19.7 Å². The molecule has 1 saturated heterocycles. The highest BCUT2D eigenvalue weighted by molar-refractivity contribution is 8.18. The summed E-state index contributed by atoms with van der Waals surface area (Å²) in [5, 5.41) is 5.08. The predicted octanol–water partition coefficient (Wildman–Crippen LogP) is 4.08. The van der Waals surface area contributed by atoms with Gasteiger partial charge in [0.2, 0.25) is 0 Å². The third-order valence-electron chi connectivity index (χ3n) is 3.69. The molecular weight excluding hydrogens is 416 g/mol. The number of benzene rings is 2. The minimum Gasteiger partial charge on any atom is -0.490 e. The fourth-order valence-electron chi connectivity index (χ4n) is 2.45. The molecule has 0 saturated carbocycles. The average Bonchev–Trinajstić information content (AvgIpc) is 3.00. The molecule has 7 nitrogen and oxygen atoms in total. The Bertz CT molecular complexity index is 975. The SMILES string of the molecule is CCOc1cc(/C=C2\SC(=O)NC2=O)ccc1OCC(=O)Nc1ccc(Cl)cc1. The molecular formula is C20H17ClN2O5S. The van der Waals surface area contributed by atoms with E-state index in [4.69, 9.17) is 21.1 Å². The molecule has 3 rings (SSSR count). The Labute approximate surface area is 176 Å². The van der Waals surface area contributed by atoms with Crippen LogP contribution in [0.1, 0.15) is 12.5 Å². The van der Waals surface area contributed by atoms with Crippen LogP contribution in [0, 0.1) is 0 Å². The van der Waals surface area contributed by atoms with Gasteiger partial charge in [-0.25, -0.2) is 0 Å². The lowest BCUT2D eigenvalue weighted by atomic mass is 10.2. The third kappa shape index (κ3) is 5.75. The zero-order valence-electron chi connectivity index (χ0n) is 15.4. The topological polar surface area (TPSA) is 93.7 Å². The van der Waals surface area contributed by atoms with Crippen molar-refractivity contribution in [1.29, 1.82) is 0 Å². The molecule has 29 heavy (non-hydrogen) atoms. The van der Waals surface area contributed by atoms with Crippen LogP contribution in [0.4, 0.5) is 10.5 Å². The minimum atomic E-state index is -0.433. The minimum absolute atomic E-state index is 0.212. The Balaban J connectivity index is 1.67. The molecule has 0 bridgehead atoms. The first kappa shape index (κ1) is 20.8. The molecule has 2 aromatic rings. The average molecular weight is 433 g/mol. The van der Waals surface area contributed by atoms with Crippen LogP contribution in [-0.2, 0) is 9.59 Å². The van der Waals surface area contributed by atoms with E-state index in [0.717, 1.165) is 11.8 Å². The summed E-state index contributed by atoms with van der Waals surface area (Å²) < 4.78 is 11.2. The predicted molar refractivity (Wildman–Crippen MR) is 112 cm³/mol. The number of hydrogen-bond acceptors (Lipinski definition) is 6. The van der Waals surface area contributed by atoms with Crippen molar-refractivity contribution in [2.45, 2.75) is 6.92 Å². The molecule has 0 atom stereocenters. The lowest BCUT2D eigenvalue weighted by Gasteiger charge is -2.13. The Morgan fingerprint density at radius 1 is 1.14 bits per heavy atom. The molecule has 1 aliphatic rings. The quantitative estimate of drug-likeness (QED) is 0.640. The Kier molecular flexibility index (Phi) is 6.79. The van der Waals surface area contributed by atoms with Gasteiger partial charge in [0.25, 0.3) is 17.1 Å². The number of hydrogen-bond donors (Lipinski definition) is 2. The lowest BCUT2D eigenvalue weighted by Crippen LogP contribution is -2.20. The molecule has 9 heteroatoms. The zero-order valence-corrected chi connectivity index (χ0v) is 16.9. The number of halogens is 1. The summed E-state index contributed by atoms with van der Waals surface area (Å²) in [5.41, 5.74) is 1.27. The number of ether oxygens (including phenoxy) is 2. The van der Waals surface area contributed by atoms with E-state index < -0.39 is 11.1 Å². The number of nitrogens with one attached hydrogen (secondary N) is 2. The van der Waals surface area contributed by atoms with Crippen molar-refractivity contribution in [2.24, 2.45) is 0 Å². The van der Waals surface area contributed by atoms with Gasteiger partial charge in [-0.1, -0.05) is 17.7 Å². The van der Waals surface area contributed by atoms with E-state index in [1.54, 1.807) is 48.5 Å². The first-order valence-electron chi connectivity index (χ1n) is 8.64. The van der Waals surface area contributed by atoms with E-state index >= 15 is 0 Å². The van der Waals surface area contributed by atoms with Gasteiger partial charge in [0, 0.05) is 10.7 Å². The van der Waals surface area contributed by atoms with Crippen LogP contribution >= 0.6 is 23.4 Å². The highest BCUT2D eigenvalue weighted by atomic mass is 35.5. The van der Waals surface area contributed by atoms with Gasteiger partial charge in [-0.05, 0) is 66.7 Å². The molecule has 0 radical (unpaired) electrons. The van der Waals surface area contributed by atoms with Gasteiger partial charge in [0.1, 0.15) is 0 Å². The number of rotatable bonds is 7. The van der Waals surface area contributed by atoms with Crippen LogP contribution in [0.3, 0.4) is 0 Å². The fraction of sp³-hybridized carbons (Fsp3) is 0.150. The van der Waals surface area contributed by atoms with Crippen LogP contribution in [-0.4, -0.2) is 30.3 Å². The van der Waals surface area contributed by atoms with Crippen molar-refractivity contribution < 1.29 is 23.9 Å². The summed E-state index contributed by atoms with van der Waals surface area (Å²) in [5.74, 6) is 0.0476. The van der Waals surface area contributed by atoms with Gasteiger partial charge < -0.3 is 14.8 Å². The van der Waals surface area contributed by atoms with E-state index in [2.05, 4.69) is 10.6 Å². The molecule has 1 aliphatic heterocycles. The summed E-state index contributed by atoms with van der Waals surface area (Å²) in [7, 11) is 0. The fourth-order valence-corrected chi connectivity index (χ4v) is 3.26. The van der Waals surface area contributed by atoms with Gasteiger partial charge in [-0.2, -0.15) is 0 Å². The largest absolute Gasteiger partial charge is 0.490 e. The van der Waals surface area contributed by atoms with Crippen molar-refractivity contribution in [3.05, 3.63) is 58.0 Å². The number of thioether (sulfide) groups is 1. The normalized spacial score (nSPS) is 14.6. The van der Waals surface area contributed by atoms with E-state index in [0.29, 0.717) is 39.3 Å². The smallest absolute Gasteiger partial charge is 0.290 e. The second-order valence-electron chi connectivity index (χ2n) is 5.84. The molecule has 150 valence electrons. The van der Waals surface area contributed by atoms with E-state index in [9.17, 15) is 14.4 Å². The molecule has 0 unspecified atom stereocenters. The number of carbonyl (C=O) groups is 3. The maximum absolute atomic E-state index is 12.1. The number of amides is 3. The van der Waals surface area contributed by atoms with Crippen molar-refractivity contribution in [3.63, 3.8) is 0 Å². The number of carbonyl (C=O) groups excluding carboxylic acids is 3. The number of imide groups is 1. The van der Waals surface area contributed by atoms with E-state index in [-0.39, 0.29) is 12.5 Å². The van der Waals surface area contributed by atoms with Gasteiger partial charge >= 0.3 is 0 Å². The molecule has 0 spiro atoms. The van der Waals surface area contributed by atoms with Crippen molar-refractivity contribution >= 4 is 52.2 Å². The van der Waals surface area contributed by atoms with Gasteiger partial charge in [0.15, 0.2) is 18.1 Å². The summed E-state index contributed by atoms with van der Waals surface area (Å²) >= 11 is 6.66. The molecule has 2 N–H and O–H groups in total. The van der Waals surface area contributed by atoms with E-state index in [1.807, 2.05) is 6.92 Å². The van der Waals surface area contributed by atoms with Crippen LogP contribution in [0.25, 0.3) is 6.08 Å². The molecule has 3 amide bonds. The van der Waals surface area contributed by atoms with E-state index in [1.165, 1.54) is 0 Å². The molecule has 0 aliphatic carbocycles. The molecule has 1 heterocycles. The third-order valence-corrected chi connectivity index (χ3v) is 4.76. The van der Waals surface area contributed by atoms with Gasteiger partial charge in [-0.15, -0.1) is 0 Å². The lowest BCUT2D eigenvalue weighted by molar-refractivity contribution is -0.118. The highest BCUT2D eigenvalue weighted by Gasteiger charge is 2.25. The van der Waals surface area contributed by atoms with Crippen molar-refractivity contribution in [1.82, 2.24) is 5.32 Å². The summed E-state index contributed by atoms with van der Waals surface area (Å²) in [6, 6.07) is 11.8. The Morgan fingerprint density at radius 2 is 1.90 bits per heavy atom. The first-order valence-corrected chi connectivity index (χ1v) is 9.84. The number of anilines is 1. The molecule has 2 aromatic carbocycles. The Hall–Kier alpha value is -2.97. The standard InChI is InChI=1S/C20H17ClN2O5S/c1-2-27-16-9-12(10-17-19(25)23-20(26)29-17)3-8-15(16)28-11-18(24)22-14-6-4-13(21)5-7-14/h3-10H,2,11H2,1H3,(H,22,24)(H,23,25,26)/b17-10-. The second-order valence-corrected chi connectivity index (χ2v) is 7.29. The monoisotopic (exact) mass is 432 g/mol. The second kappa shape index (κ2) is 9.49. The summed E-state index contributed by atoms with van der Waals surface area (Å²) in [6.45, 7) is 2.00. The highest BCUT2D eigenvalue weighted by Crippen LogP contribution is 2.31. The van der Waals surface area contributed by atoms with Crippen LogP contribution < -0.4 is 20.1 Å². The summed E-state index contributed by atoms with van der Waals surface area (Å²) in [6.07, 6.45) is 1.59. The van der Waals surface area contributed by atoms with Gasteiger partial charge in [0.05, 0.1) is 11.5 Å². The maximum atomic E-state index is 12.1. The molecule has 1 fully saturated rings.